The number of halogens is 1. The van der Waals surface area contributed by atoms with Crippen LogP contribution in [0.2, 0.25) is 5.02 Å². The molecular formula is C12H17ClN2O. The molecule has 0 aliphatic heterocycles. The van der Waals surface area contributed by atoms with E-state index in [1.807, 2.05) is 6.92 Å². The molecule has 0 radical (unpaired) electrons. The zero-order valence-electron chi connectivity index (χ0n) is 9.75. The first-order valence-corrected chi connectivity index (χ1v) is 5.60. The van der Waals surface area contributed by atoms with Crippen LogP contribution in [0, 0.1) is 11.3 Å². The van der Waals surface area contributed by atoms with E-state index in [0.717, 1.165) is 0 Å². The summed E-state index contributed by atoms with van der Waals surface area (Å²) in [5, 5.41) is 8.01. The van der Waals surface area contributed by atoms with Crippen LogP contribution in [-0.4, -0.2) is 11.9 Å². The van der Waals surface area contributed by atoms with E-state index in [1.54, 1.807) is 18.2 Å². The van der Waals surface area contributed by atoms with Crippen LogP contribution in [0.1, 0.15) is 26.3 Å². The summed E-state index contributed by atoms with van der Waals surface area (Å²) in [7, 11) is 0. The van der Waals surface area contributed by atoms with Crippen molar-refractivity contribution in [1.82, 2.24) is 0 Å². The van der Waals surface area contributed by atoms with Gasteiger partial charge in [0.15, 0.2) is 0 Å². The van der Waals surface area contributed by atoms with Crippen LogP contribution >= 0.6 is 11.6 Å². The van der Waals surface area contributed by atoms with E-state index >= 15 is 0 Å². The normalized spacial score (nSPS) is 12.6. The third-order valence-corrected chi connectivity index (χ3v) is 2.72. The molecule has 4 heteroatoms. The SMILES string of the molecule is CC(C)C(C)Oc1ccc(Cl)cc1C(=N)N. The lowest BCUT2D eigenvalue weighted by Crippen LogP contribution is -2.21. The standard InChI is InChI=1S/C12H17ClN2O/c1-7(2)8(3)16-11-5-4-9(13)6-10(11)12(14)15/h4-8H,1-3H3,(H3,14,15). The van der Waals surface area contributed by atoms with Crippen molar-refractivity contribution >= 4 is 17.4 Å². The highest BCUT2D eigenvalue weighted by Gasteiger charge is 2.13. The number of nitrogens with two attached hydrogens (primary N) is 1. The van der Waals surface area contributed by atoms with Gasteiger partial charge in [-0.15, -0.1) is 0 Å². The van der Waals surface area contributed by atoms with E-state index in [0.29, 0.717) is 22.3 Å². The molecule has 1 unspecified atom stereocenters. The molecule has 3 nitrogen and oxygen atoms in total. The second kappa shape index (κ2) is 5.21. The molecule has 1 aromatic rings. The third-order valence-electron chi connectivity index (χ3n) is 2.48. The van der Waals surface area contributed by atoms with Crippen molar-refractivity contribution in [3.63, 3.8) is 0 Å². The predicted molar refractivity (Wildman–Crippen MR) is 67.4 cm³/mol. The van der Waals surface area contributed by atoms with Crippen LogP contribution in [0.4, 0.5) is 0 Å². The largest absolute Gasteiger partial charge is 0.490 e. The number of hydrogen-bond donors (Lipinski definition) is 2. The van der Waals surface area contributed by atoms with Crippen LogP contribution in [0.25, 0.3) is 0 Å². The maximum absolute atomic E-state index is 7.46. The quantitative estimate of drug-likeness (QED) is 0.628. The lowest BCUT2D eigenvalue weighted by atomic mass is 10.1. The number of nitrogen functional groups attached to an aromatic ring is 1. The average Bonchev–Trinajstić information content (AvgIpc) is 2.20. The molecule has 0 amide bonds. The first kappa shape index (κ1) is 12.8. The fourth-order valence-electron chi connectivity index (χ4n) is 1.15. The lowest BCUT2D eigenvalue weighted by Gasteiger charge is -2.20. The maximum Gasteiger partial charge on any atom is 0.130 e. The van der Waals surface area contributed by atoms with E-state index in [1.165, 1.54) is 0 Å². The van der Waals surface area contributed by atoms with Crippen LogP contribution < -0.4 is 10.5 Å². The lowest BCUT2D eigenvalue weighted by molar-refractivity contribution is 0.170. The van der Waals surface area contributed by atoms with Crippen molar-refractivity contribution in [2.24, 2.45) is 11.7 Å². The topological polar surface area (TPSA) is 59.1 Å². The van der Waals surface area contributed by atoms with Crippen LogP contribution in [0.3, 0.4) is 0 Å². The highest BCUT2D eigenvalue weighted by Crippen LogP contribution is 2.24. The van der Waals surface area contributed by atoms with E-state index in [9.17, 15) is 0 Å². The second-order valence-electron chi connectivity index (χ2n) is 4.12. The number of benzene rings is 1. The van der Waals surface area contributed by atoms with Gasteiger partial charge in [0.05, 0.1) is 11.7 Å². The highest BCUT2D eigenvalue weighted by atomic mass is 35.5. The van der Waals surface area contributed by atoms with Gasteiger partial charge in [-0.1, -0.05) is 25.4 Å². The van der Waals surface area contributed by atoms with Gasteiger partial charge in [0, 0.05) is 5.02 Å². The Hall–Kier alpha value is -1.22. The van der Waals surface area contributed by atoms with Gasteiger partial charge in [-0.3, -0.25) is 5.41 Å². The average molecular weight is 241 g/mol. The fourth-order valence-corrected chi connectivity index (χ4v) is 1.32. The summed E-state index contributed by atoms with van der Waals surface area (Å²) in [5.41, 5.74) is 6.02. The molecule has 1 rings (SSSR count). The number of ether oxygens (including phenoxy) is 1. The van der Waals surface area contributed by atoms with Crippen LogP contribution in [-0.2, 0) is 0 Å². The predicted octanol–water partition coefficient (Wildman–Crippen LogP) is 3.05. The molecule has 0 spiro atoms. The Morgan fingerprint density at radius 1 is 1.38 bits per heavy atom. The van der Waals surface area contributed by atoms with Gasteiger partial charge in [-0.2, -0.15) is 0 Å². The summed E-state index contributed by atoms with van der Waals surface area (Å²) < 4.78 is 5.74. The van der Waals surface area contributed by atoms with Crippen molar-refractivity contribution < 1.29 is 4.74 Å². The van der Waals surface area contributed by atoms with Gasteiger partial charge in [0.1, 0.15) is 11.6 Å². The minimum absolute atomic E-state index is 0.0338. The Bertz CT molecular complexity index is 391. The van der Waals surface area contributed by atoms with Gasteiger partial charge >= 0.3 is 0 Å². The van der Waals surface area contributed by atoms with Crippen LogP contribution in [0.5, 0.6) is 5.75 Å². The molecule has 0 saturated carbocycles. The number of rotatable bonds is 4. The van der Waals surface area contributed by atoms with Gasteiger partial charge in [-0.05, 0) is 31.0 Å². The minimum Gasteiger partial charge on any atom is -0.490 e. The molecule has 0 aromatic heterocycles. The summed E-state index contributed by atoms with van der Waals surface area (Å²) in [5.74, 6) is 0.974. The van der Waals surface area contributed by atoms with E-state index in [4.69, 9.17) is 27.5 Å². The first-order valence-electron chi connectivity index (χ1n) is 5.22. The van der Waals surface area contributed by atoms with Crippen molar-refractivity contribution in [2.45, 2.75) is 26.9 Å². The summed E-state index contributed by atoms with van der Waals surface area (Å²) in [6.07, 6.45) is 0.0688. The molecule has 0 bridgehead atoms. The summed E-state index contributed by atoms with van der Waals surface area (Å²) in [6.45, 7) is 6.14. The summed E-state index contributed by atoms with van der Waals surface area (Å²) in [4.78, 5) is 0. The number of nitrogens with one attached hydrogen (secondary N) is 1. The molecule has 0 saturated heterocycles. The van der Waals surface area contributed by atoms with Crippen molar-refractivity contribution in [1.29, 1.82) is 5.41 Å². The zero-order chi connectivity index (χ0) is 12.3. The molecular weight excluding hydrogens is 224 g/mol. The molecule has 0 aliphatic carbocycles. The molecule has 1 atom stereocenters. The Morgan fingerprint density at radius 2 is 2.00 bits per heavy atom. The molecule has 0 aliphatic rings. The fraction of sp³-hybridized carbons (Fsp3) is 0.417. The minimum atomic E-state index is -0.0338. The van der Waals surface area contributed by atoms with Gasteiger partial charge in [-0.25, -0.2) is 0 Å². The van der Waals surface area contributed by atoms with Crippen LogP contribution in [0.15, 0.2) is 18.2 Å². The van der Waals surface area contributed by atoms with Crippen molar-refractivity contribution in [2.75, 3.05) is 0 Å². The molecule has 0 heterocycles. The van der Waals surface area contributed by atoms with E-state index in [-0.39, 0.29) is 11.9 Å². The highest BCUT2D eigenvalue weighted by molar-refractivity contribution is 6.31. The molecule has 88 valence electrons. The molecule has 16 heavy (non-hydrogen) atoms. The number of hydrogen-bond acceptors (Lipinski definition) is 2. The molecule has 1 aromatic carbocycles. The molecule has 0 fully saturated rings. The second-order valence-corrected chi connectivity index (χ2v) is 4.56. The Morgan fingerprint density at radius 3 is 2.50 bits per heavy atom. The first-order chi connectivity index (χ1) is 7.41. The Balaban J connectivity index is 2.99. The summed E-state index contributed by atoms with van der Waals surface area (Å²) in [6, 6.07) is 5.13. The Kier molecular flexibility index (Phi) is 4.19. The van der Waals surface area contributed by atoms with E-state index < -0.39 is 0 Å². The number of amidine groups is 1. The van der Waals surface area contributed by atoms with Gasteiger partial charge < -0.3 is 10.5 Å². The summed E-state index contributed by atoms with van der Waals surface area (Å²) >= 11 is 5.85. The van der Waals surface area contributed by atoms with Crippen molar-refractivity contribution in [3.05, 3.63) is 28.8 Å². The zero-order valence-corrected chi connectivity index (χ0v) is 10.5. The monoisotopic (exact) mass is 240 g/mol. The van der Waals surface area contributed by atoms with Crippen molar-refractivity contribution in [3.8, 4) is 5.75 Å². The third kappa shape index (κ3) is 3.14. The smallest absolute Gasteiger partial charge is 0.130 e. The van der Waals surface area contributed by atoms with Gasteiger partial charge in [0.25, 0.3) is 0 Å². The van der Waals surface area contributed by atoms with E-state index in [2.05, 4.69) is 13.8 Å². The maximum atomic E-state index is 7.46. The molecule has 3 N–H and O–H groups in total. The van der Waals surface area contributed by atoms with Gasteiger partial charge in [0.2, 0.25) is 0 Å². The Labute approximate surface area is 101 Å².